The van der Waals surface area contributed by atoms with Crippen molar-refractivity contribution in [2.75, 3.05) is 7.05 Å². The molecule has 8 heteroatoms. The monoisotopic (exact) mass is 302 g/mol. The van der Waals surface area contributed by atoms with Crippen LogP contribution in [0.1, 0.15) is 5.69 Å². The maximum atomic E-state index is 12.8. The summed E-state index contributed by atoms with van der Waals surface area (Å²) in [4.78, 5) is 16.5. The third-order valence-corrected chi connectivity index (χ3v) is 3.45. The zero-order valence-electron chi connectivity index (χ0n) is 12.8. The Balaban J connectivity index is 2.72. The van der Waals surface area contributed by atoms with E-state index in [0.29, 0.717) is 5.69 Å². The predicted molar refractivity (Wildman–Crippen MR) is 86.6 cm³/mol. The Kier molecular flexibility index (Phi) is 4.02. The van der Waals surface area contributed by atoms with Gasteiger partial charge in [0.05, 0.1) is 18.4 Å². The number of rotatable bonds is 2. The lowest BCUT2D eigenvalue weighted by Gasteiger charge is -2.07. The van der Waals surface area contributed by atoms with Gasteiger partial charge in [0.15, 0.2) is 5.69 Å². The molecule has 0 aliphatic rings. The normalized spacial score (nSPS) is 12.0. The number of hydrogen-bond acceptors (Lipinski definition) is 1. The number of hydrogen-bond donors (Lipinski definition) is 3. The summed E-state index contributed by atoms with van der Waals surface area (Å²) in [7, 11) is 3.44. The van der Waals surface area contributed by atoms with Gasteiger partial charge in [-0.25, -0.2) is 9.26 Å². The van der Waals surface area contributed by atoms with Crippen LogP contribution < -0.4 is 22.8 Å². The van der Waals surface area contributed by atoms with Gasteiger partial charge in [-0.1, -0.05) is 18.2 Å². The molecule has 0 saturated carbocycles. The largest absolute Gasteiger partial charge is 0.393 e. The lowest BCUT2D eigenvalue weighted by molar-refractivity contribution is -0.408. The van der Waals surface area contributed by atoms with E-state index in [1.165, 1.54) is 4.58 Å². The molecule has 2 rings (SSSR count). The van der Waals surface area contributed by atoms with Gasteiger partial charge in [0.1, 0.15) is 0 Å². The molecule has 8 nitrogen and oxygen atoms in total. The minimum Gasteiger partial charge on any atom is -0.356 e. The molecule has 0 radical (unpaired) electrons. The number of para-hydroxylation sites is 1. The standard InChI is InChI=1S/C14H19N7O/c1-9-11(19(2)14(17)18-13(15)16)12(22)21(20(9)3)10-7-5-4-6-8-10/h4-8H,1-3H3,(H5,15,16,17,18)/p+1. The minimum atomic E-state index is -0.206. The molecule has 0 unspecified atom stereocenters. The van der Waals surface area contributed by atoms with E-state index in [1.807, 2.05) is 37.3 Å². The highest BCUT2D eigenvalue weighted by molar-refractivity contribution is 5.90. The molecule has 1 aromatic heterocycles. The molecule has 0 atom stereocenters. The summed E-state index contributed by atoms with van der Waals surface area (Å²) in [5, 5.41) is 0. The fourth-order valence-corrected chi connectivity index (χ4v) is 2.26. The minimum absolute atomic E-state index is 0.0472. The summed E-state index contributed by atoms with van der Waals surface area (Å²) in [6.07, 6.45) is 0. The van der Waals surface area contributed by atoms with E-state index in [2.05, 4.69) is 4.99 Å². The van der Waals surface area contributed by atoms with Crippen LogP contribution in [0, 0.1) is 6.92 Å². The number of guanidine groups is 2. The molecule has 1 aromatic carbocycles. The van der Waals surface area contributed by atoms with Crippen molar-refractivity contribution in [1.82, 2.24) is 9.36 Å². The zero-order valence-corrected chi connectivity index (χ0v) is 12.8. The second-order valence-corrected chi connectivity index (χ2v) is 4.86. The third-order valence-electron chi connectivity index (χ3n) is 3.45. The maximum Gasteiger partial charge on any atom is 0.393 e. The van der Waals surface area contributed by atoms with Crippen LogP contribution in [-0.4, -0.2) is 32.9 Å². The molecular weight excluding hydrogens is 282 g/mol. The van der Waals surface area contributed by atoms with Gasteiger partial charge in [0.2, 0.25) is 0 Å². The Labute approximate surface area is 127 Å². The summed E-state index contributed by atoms with van der Waals surface area (Å²) in [5.74, 6) is -0.118. The van der Waals surface area contributed by atoms with E-state index in [4.69, 9.17) is 17.2 Å². The zero-order chi connectivity index (χ0) is 16.4. The van der Waals surface area contributed by atoms with Crippen molar-refractivity contribution >= 4 is 17.6 Å². The Morgan fingerprint density at radius 1 is 1.18 bits per heavy atom. The fourth-order valence-electron chi connectivity index (χ4n) is 2.26. The average Bonchev–Trinajstić information content (AvgIpc) is 2.69. The first kappa shape index (κ1) is 15.4. The molecule has 6 N–H and O–H groups in total. The van der Waals surface area contributed by atoms with Crippen molar-refractivity contribution in [2.45, 2.75) is 6.92 Å². The van der Waals surface area contributed by atoms with Gasteiger partial charge >= 0.3 is 11.5 Å². The molecule has 1 heterocycles. The van der Waals surface area contributed by atoms with Gasteiger partial charge in [0.25, 0.3) is 5.96 Å². The van der Waals surface area contributed by atoms with Crippen LogP contribution in [0.5, 0.6) is 0 Å². The van der Waals surface area contributed by atoms with E-state index in [0.717, 1.165) is 11.4 Å². The van der Waals surface area contributed by atoms with Gasteiger partial charge < -0.3 is 11.5 Å². The summed E-state index contributed by atoms with van der Waals surface area (Å²) in [5.41, 5.74) is 18.2. The molecule has 0 bridgehead atoms. The highest BCUT2D eigenvalue weighted by Crippen LogP contribution is 2.15. The van der Waals surface area contributed by atoms with Crippen LogP contribution >= 0.6 is 0 Å². The molecule has 0 aliphatic carbocycles. The van der Waals surface area contributed by atoms with E-state index >= 15 is 0 Å². The van der Waals surface area contributed by atoms with Crippen molar-refractivity contribution in [3.05, 3.63) is 46.4 Å². The van der Waals surface area contributed by atoms with Crippen molar-refractivity contribution in [2.24, 2.45) is 29.2 Å². The number of nitrogens with zero attached hydrogens (tertiary/aromatic N) is 4. The Hall–Kier alpha value is -3.03. The first-order valence-corrected chi connectivity index (χ1v) is 6.64. The Morgan fingerprint density at radius 3 is 2.32 bits per heavy atom. The Bertz CT molecular complexity index is 808. The molecular formula is C14H20N7O+. The molecule has 116 valence electrons. The van der Waals surface area contributed by atoms with Crippen molar-refractivity contribution in [1.29, 1.82) is 0 Å². The first-order valence-electron chi connectivity index (χ1n) is 6.64. The first-order chi connectivity index (χ1) is 10.3. The SMILES string of the molecule is Cc1c([N+](C)=C(N)N=C(N)N)c(=O)n(-c2ccccc2)n1C. The number of aliphatic imine (C=N–C) groups is 1. The van der Waals surface area contributed by atoms with Gasteiger partial charge in [0, 0.05) is 7.05 Å². The molecule has 2 aromatic rings. The molecule has 0 fully saturated rings. The molecule has 22 heavy (non-hydrogen) atoms. The van der Waals surface area contributed by atoms with Crippen LogP contribution in [0.4, 0.5) is 5.69 Å². The van der Waals surface area contributed by atoms with Crippen LogP contribution in [0.2, 0.25) is 0 Å². The van der Waals surface area contributed by atoms with E-state index < -0.39 is 0 Å². The summed E-state index contributed by atoms with van der Waals surface area (Å²) < 4.78 is 4.78. The smallest absolute Gasteiger partial charge is 0.356 e. The van der Waals surface area contributed by atoms with Gasteiger partial charge in [-0.05, 0) is 24.0 Å². The lowest BCUT2D eigenvalue weighted by atomic mass is 10.3. The van der Waals surface area contributed by atoms with Crippen molar-refractivity contribution in [3.63, 3.8) is 0 Å². The molecule has 0 amide bonds. The molecule has 0 spiro atoms. The lowest BCUT2D eigenvalue weighted by Crippen LogP contribution is -2.31. The third kappa shape index (κ3) is 2.58. The van der Waals surface area contributed by atoms with Crippen LogP contribution in [0.15, 0.2) is 40.1 Å². The number of aromatic nitrogens is 2. The van der Waals surface area contributed by atoms with Crippen molar-refractivity contribution in [3.8, 4) is 5.69 Å². The maximum absolute atomic E-state index is 12.8. The highest BCUT2D eigenvalue weighted by Gasteiger charge is 2.21. The quantitative estimate of drug-likeness (QED) is 0.387. The van der Waals surface area contributed by atoms with Crippen LogP contribution in [0.3, 0.4) is 0 Å². The number of benzene rings is 1. The highest BCUT2D eigenvalue weighted by atomic mass is 16.1. The van der Waals surface area contributed by atoms with E-state index in [9.17, 15) is 4.79 Å². The molecule has 0 saturated heterocycles. The van der Waals surface area contributed by atoms with Gasteiger partial charge in [-0.15, -0.1) is 0 Å². The summed E-state index contributed by atoms with van der Waals surface area (Å²) >= 11 is 0. The van der Waals surface area contributed by atoms with Crippen LogP contribution in [0.25, 0.3) is 5.69 Å². The Morgan fingerprint density at radius 2 is 1.77 bits per heavy atom. The second kappa shape index (κ2) is 5.76. The number of nitrogens with two attached hydrogens (primary N) is 3. The fraction of sp³-hybridized carbons (Fsp3) is 0.214. The van der Waals surface area contributed by atoms with E-state index in [1.54, 1.807) is 23.5 Å². The molecule has 0 aliphatic heterocycles. The van der Waals surface area contributed by atoms with E-state index in [-0.39, 0.29) is 17.5 Å². The summed E-state index contributed by atoms with van der Waals surface area (Å²) in [6.45, 7) is 1.83. The topological polar surface area (TPSA) is 120 Å². The predicted octanol–water partition coefficient (Wildman–Crippen LogP) is -0.654. The van der Waals surface area contributed by atoms with Crippen LogP contribution in [-0.2, 0) is 7.05 Å². The van der Waals surface area contributed by atoms with Crippen molar-refractivity contribution < 1.29 is 4.58 Å². The summed E-state index contributed by atoms with van der Waals surface area (Å²) in [6, 6.07) is 9.34. The second-order valence-electron chi connectivity index (χ2n) is 4.86. The average molecular weight is 302 g/mol. The van der Waals surface area contributed by atoms with Gasteiger partial charge in [-0.2, -0.15) is 0 Å². The van der Waals surface area contributed by atoms with Gasteiger partial charge in [-0.3, -0.25) is 15.2 Å².